The van der Waals surface area contributed by atoms with Crippen molar-refractivity contribution in [3.63, 3.8) is 0 Å². The van der Waals surface area contributed by atoms with Gasteiger partial charge in [0.15, 0.2) is 0 Å². The Hall–Kier alpha value is -3.34. The Balaban J connectivity index is 1.71. The number of nitrogens with one attached hydrogen (secondary N) is 2. The van der Waals surface area contributed by atoms with Crippen molar-refractivity contribution in [3.8, 4) is 5.88 Å². The summed E-state index contributed by atoms with van der Waals surface area (Å²) in [5, 5.41) is 5.97. The highest BCUT2D eigenvalue weighted by Gasteiger charge is 2.16. The number of hydrogen-bond acceptors (Lipinski definition) is 3. The highest BCUT2D eigenvalue weighted by Crippen LogP contribution is 2.22. The fourth-order valence-electron chi connectivity index (χ4n) is 2.80. The summed E-state index contributed by atoms with van der Waals surface area (Å²) in [6, 6.07) is 21.3. The van der Waals surface area contributed by atoms with Gasteiger partial charge >= 0.3 is 6.03 Å². The van der Waals surface area contributed by atoms with Crippen molar-refractivity contribution in [2.45, 2.75) is 19.5 Å². The monoisotopic (exact) mass is 361 g/mol. The number of aryl methyl sites for hydroxylation is 1. The molecule has 27 heavy (non-hydrogen) atoms. The number of carbonyl (C=O) groups is 1. The predicted molar refractivity (Wildman–Crippen MR) is 106 cm³/mol. The Morgan fingerprint density at radius 1 is 1.04 bits per heavy atom. The van der Waals surface area contributed by atoms with Crippen LogP contribution in [-0.4, -0.2) is 18.1 Å². The number of urea groups is 1. The lowest BCUT2D eigenvalue weighted by molar-refractivity contribution is 0.238. The van der Waals surface area contributed by atoms with Crippen LogP contribution < -0.4 is 15.4 Å². The lowest BCUT2D eigenvalue weighted by Gasteiger charge is -2.20. The third kappa shape index (κ3) is 5.07. The summed E-state index contributed by atoms with van der Waals surface area (Å²) in [7, 11) is 1.57. The summed E-state index contributed by atoms with van der Waals surface area (Å²) in [5.74, 6) is 0.525. The number of nitrogens with zero attached hydrogens (tertiary/aromatic N) is 1. The van der Waals surface area contributed by atoms with Gasteiger partial charge in [0.05, 0.1) is 13.2 Å². The second-order valence-electron chi connectivity index (χ2n) is 6.29. The largest absolute Gasteiger partial charge is 0.481 e. The van der Waals surface area contributed by atoms with Crippen LogP contribution in [0.15, 0.2) is 72.9 Å². The standard InChI is InChI=1S/C22H23N3O2/c1-16-8-10-19(11-9-16)21(18-6-4-3-5-7-18)25-22(26)24-15-17-12-13-23-20(14-17)27-2/h3-14,21H,15H2,1-2H3,(H2,24,25,26). The van der Waals surface area contributed by atoms with Crippen molar-refractivity contribution < 1.29 is 9.53 Å². The number of methoxy groups -OCH3 is 1. The molecule has 5 nitrogen and oxygen atoms in total. The molecule has 0 spiro atoms. The Kier molecular flexibility index (Phi) is 6.05. The molecule has 0 saturated carbocycles. The van der Waals surface area contributed by atoms with Gasteiger partial charge in [-0.15, -0.1) is 0 Å². The number of pyridine rings is 1. The lowest BCUT2D eigenvalue weighted by Crippen LogP contribution is -2.38. The van der Waals surface area contributed by atoms with Gasteiger partial charge in [-0.2, -0.15) is 0 Å². The molecule has 0 fully saturated rings. The summed E-state index contributed by atoms with van der Waals surface area (Å²) in [5.41, 5.74) is 4.17. The van der Waals surface area contributed by atoms with Crippen molar-refractivity contribution in [1.29, 1.82) is 0 Å². The number of aromatic nitrogens is 1. The van der Waals surface area contributed by atoms with Crippen LogP contribution >= 0.6 is 0 Å². The highest BCUT2D eigenvalue weighted by atomic mass is 16.5. The van der Waals surface area contributed by atoms with Gasteiger partial charge in [-0.3, -0.25) is 0 Å². The van der Waals surface area contributed by atoms with Crippen LogP contribution in [0, 0.1) is 6.92 Å². The van der Waals surface area contributed by atoms with Gasteiger partial charge in [-0.1, -0.05) is 60.2 Å². The fraction of sp³-hybridized carbons (Fsp3) is 0.182. The molecule has 1 atom stereocenters. The molecule has 2 aromatic carbocycles. The number of amides is 2. The van der Waals surface area contributed by atoms with Crippen LogP contribution in [0.2, 0.25) is 0 Å². The van der Waals surface area contributed by atoms with Crippen molar-refractivity contribution in [2.75, 3.05) is 7.11 Å². The SMILES string of the molecule is COc1cc(CNC(=O)NC(c2ccccc2)c2ccc(C)cc2)ccn1. The molecule has 0 aliphatic rings. The summed E-state index contributed by atoms with van der Waals surface area (Å²) in [6.45, 7) is 2.44. The van der Waals surface area contributed by atoms with Crippen LogP contribution in [0.1, 0.15) is 28.3 Å². The van der Waals surface area contributed by atoms with Gasteiger partial charge in [-0.25, -0.2) is 9.78 Å². The molecule has 1 unspecified atom stereocenters. The third-order valence-corrected chi connectivity index (χ3v) is 4.28. The van der Waals surface area contributed by atoms with Gasteiger partial charge in [0.1, 0.15) is 0 Å². The molecule has 2 N–H and O–H groups in total. The maximum absolute atomic E-state index is 12.5. The Labute approximate surface area is 159 Å². The van der Waals surface area contributed by atoms with E-state index in [4.69, 9.17) is 4.74 Å². The maximum Gasteiger partial charge on any atom is 0.315 e. The van der Waals surface area contributed by atoms with E-state index in [9.17, 15) is 4.79 Å². The molecule has 138 valence electrons. The first-order valence-corrected chi connectivity index (χ1v) is 8.80. The van der Waals surface area contributed by atoms with E-state index in [0.29, 0.717) is 12.4 Å². The zero-order valence-electron chi connectivity index (χ0n) is 15.5. The molecule has 0 bridgehead atoms. The molecule has 2 amide bonds. The minimum atomic E-state index is -0.236. The second-order valence-corrected chi connectivity index (χ2v) is 6.29. The van der Waals surface area contributed by atoms with E-state index in [1.165, 1.54) is 5.56 Å². The summed E-state index contributed by atoms with van der Waals surface area (Å²) in [6.07, 6.45) is 1.66. The van der Waals surface area contributed by atoms with Crippen LogP contribution in [0.5, 0.6) is 5.88 Å². The quantitative estimate of drug-likeness (QED) is 0.698. The zero-order valence-corrected chi connectivity index (χ0v) is 15.5. The van der Waals surface area contributed by atoms with Crippen LogP contribution in [0.3, 0.4) is 0 Å². The molecular formula is C22H23N3O2. The Morgan fingerprint density at radius 2 is 1.74 bits per heavy atom. The van der Waals surface area contributed by atoms with Gasteiger partial charge in [-0.05, 0) is 29.7 Å². The maximum atomic E-state index is 12.5. The minimum absolute atomic E-state index is 0.223. The van der Waals surface area contributed by atoms with Crippen molar-refractivity contribution in [2.24, 2.45) is 0 Å². The molecule has 0 aliphatic carbocycles. The molecule has 0 radical (unpaired) electrons. The zero-order chi connectivity index (χ0) is 19.1. The molecule has 5 heteroatoms. The minimum Gasteiger partial charge on any atom is -0.481 e. The molecule has 1 heterocycles. The summed E-state index contributed by atoms with van der Waals surface area (Å²) >= 11 is 0. The predicted octanol–water partition coefficient (Wildman–Crippen LogP) is 3.99. The van der Waals surface area contributed by atoms with E-state index in [2.05, 4.69) is 15.6 Å². The van der Waals surface area contributed by atoms with Crippen molar-refractivity contribution in [1.82, 2.24) is 15.6 Å². The van der Waals surface area contributed by atoms with Gasteiger partial charge in [0.25, 0.3) is 0 Å². The second kappa shape index (κ2) is 8.85. The smallest absolute Gasteiger partial charge is 0.315 e. The molecule has 0 saturated heterocycles. The van der Waals surface area contributed by atoms with E-state index >= 15 is 0 Å². The van der Waals surface area contributed by atoms with E-state index in [0.717, 1.165) is 16.7 Å². The molecular weight excluding hydrogens is 338 g/mol. The summed E-state index contributed by atoms with van der Waals surface area (Å²) in [4.78, 5) is 16.6. The average molecular weight is 361 g/mol. The fourth-order valence-corrected chi connectivity index (χ4v) is 2.80. The van der Waals surface area contributed by atoms with Crippen LogP contribution in [0.4, 0.5) is 4.79 Å². The first-order chi connectivity index (χ1) is 13.2. The number of hydrogen-bond donors (Lipinski definition) is 2. The molecule has 3 rings (SSSR count). The molecule has 0 aliphatic heterocycles. The number of benzene rings is 2. The van der Waals surface area contributed by atoms with E-state index in [1.807, 2.05) is 67.6 Å². The van der Waals surface area contributed by atoms with Crippen LogP contribution in [-0.2, 0) is 6.54 Å². The lowest BCUT2D eigenvalue weighted by atomic mass is 9.98. The normalized spacial score (nSPS) is 11.5. The average Bonchev–Trinajstić information content (AvgIpc) is 2.72. The topological polar surface area (TPSA) is 63.2 Å². The first kappa shape index (κ1) is 18.5. The Morgan fingerprint density at radius 3 is 2.44 bits per heavy atom. The number of ether oxygens (including phenoxy) is 1. The number of rotatable bonds is 6. The summed E-state index contributed by atoms with van der Waals surface area (Å²) < 4.78 is 5.11. The third-order valence-electron chi connectivity index (χ3n) is 4.28. The van der Waals surface area contributed by atoms with E-state index in [-0.39, 0.29) is 12.1 Å². The number of carbonyl (C=O) groups excluding carboxylic acids is 1. The van der Waals surface area contributed by atoms with Crippen molar-refractivity contribution in [3.05, 3.63) is 95.2 Å². The van der Waals surface area contributed by atoms with Gasteiger partial charge in [0, 0.05) is 18.8 Å². The van der Waals surface area contributed by atoms with E-state index < -0.39 is 0 Å². The molecule has 3 aromatic rings. The van der Waals surface area contributed by atoms with Crippen LogP contribution in [0.25, 0.3) is 0 Å². The highest BCUT2D eigenvalue weighted by molar-refractivity contribution is 5.75. The van der Waals surface area contributed by atoms with E-state index in [1.54, 1.807) is 19.4 Å². The molecule has 1 aromatic heterocycles. The van der Waals surface area contributed by atoms with Gasteiger partial charge in [0.2, 0.25) is 5.88 Å². The van der Waals surface area contributed by atoms with Crippen molar-refractivity contribution >= 4 is 6.03 Å². The first-order valence-electron chi connectivity index (χ1n) is 8.80. The van der Waals surface area contributed by atoms with Gasteiger partial charge < -0.3 is 15.4 Å². The Bertz CT molecular complexity index is 880.